The maximum atomic E-state index is 13.8. The first kappa shape index (κ1) is 24.0. The SMILES string of the molecule is Cc1cc(F)cc(C)c1Oc1c(-c2cn(C)c(=O)c3[nH]c(C(=O)NC(C)C)cc23)ccn(C)c1=O. The van der Waals surface area contributed by atoms with Crippen molar-refractivity contribution in [3.8, 4) is 22.6 Å². The van der Waals surface area contributed by atoms with Crippen LogP contribution in [0.5, 0.6) is 11.5 Å². The molecule has 1 aromatic carbocycles. The molecule has 0 atom stereocenters. The van der Waals surface area contributed by atoms with E-state index in [0.717, 1.165) is 0 Å². The maximum absolute atomic E-state index is 13.8. The number of hydrogen-bond acceptors (Lipinski definition) is 4. The molecule has 35 heavy (non-hydrogen) atoms. The van der Waals surface area contributed by atoms with Crippen LogP contribution >= 0.6 is 0 Å². The van der Waals surface area contributed by atoms with Crippen LogP contribution in [0.4, 0.5) is 4.39 Å². The Morgan fingerprint density at radius 3 is 2.29 bits per heavy atom. The number of amides is 1. The molecule has 4 aromatic rings. The zero-order valence-electron chi connectivity index (χ0n) is 20.4. The van der Waals surface area contributed by atoms with Crippen LogP contribution in [0.3, 0.4) is 0 Å². The number of benzene rings is 1. The molecule has 0 saturated heterocycles. The second kappa shape index (κ2) is 8.90. The Morgan fingerprint density at radius 1 is 1.00 bits per heavy atom. The lowest BCUT2D eigenvalue weighted by Crippen LogP contribution is -2.30. The highest BCUT2D eigenvalue weighted by atomic mass is 19.1. The van der Waals surface area contributed by atoms with Crippen molar-refractivity contribution in [1.82, 2.24) is 19.4 Å². The van der Waals surface area contributed by atoms with E-state index < -0.39 is 11.4 Å². The molecule has 182 valence electrons. The quantitative estimate of drug-likeness (QED) is 0.454. The molecule has 0 saturated carbocycles. The number of ether oxygens (including phenoxy) is 1. The van der Waals surface area contributed by atoms with E-state index in [1.165, 1.54) is 21.3 Å². The van der Waals surface area contributed by atoms with E-state index in [0.29, 0.717) is 33.4 Å². The number of rotatable bonds is 5. The third kappa shape index (κ3) is 4.37. The van der Waals surface area contributed by atoms with E-state index in [9.17, 15) is 18.8 Å². The van der Waals surface area contributed by atoms with Crippen LogP contribution in [-0.2, 0) is 14.1 Å². The standard InChI is InChI=1S/C26H27FN4O4/c1-13(2)28-24(32)20-11-18-19(12-31(6)25(33)21(18)29-20)17-7-8-30(5)26(34)23(17)35-22-14(3)9-16(27)10-15(22)4/h7-13,29H,1-6H3,(H,28,32). The number of aryl methyl sites for hydroxylation is 4. The molecule has 2 N–H and O–H groups in total. The molecule has 4 rings (SSSR count). The summed E-state index contributed by atoms with van der Waals surface area (Å²) < 4.78 is 22.8. The second-order valence-corrected chi connectivity index (χ2v) is 9.00. The van der Waals surface area contributed by atoms with Crippen LogP contribution in [0.25, 0.3) is 22.0 Å². The third-order valence-electron chi connectivity index (χ3n) is 5.77. The number of carbonyl (C=O) groups is 1. The van der Waals surface area contributed by atoms with E-state index in [1.807, 2.05) is 13.8 Å². The average Bonchev–Trinajstić information content (AvgIpc) is 3.22. The number of aromatic amines is 1. The first-order chi connectivity index (χ1) is 16.5. The fourth-order valence-corrected chi connectivity index (χ4v) is 4.09. The number of pyridine rings is 2. The topological polar surface area (TPSA) is 98.1 Å². The molecule has 0 aliphatic carbocycles. The van der Waals surface area contributed by atoms with E-state index in [2.05, 4.69) is 10.3 Å². The van der Waals surface area contributed by atoms with Crippen LogP contribution in [0.1, 0.15) is 35.5 Å². The molecule has 0 radical (unpaired) electrons. The van der Waals surface area contributed by atoms with Crippen molar-refractivity contribution >= 4 is 16.8 Å². The molecule has 0 bridgehead atoms. The van der Waals surface area contributed by atoms with Gasteiger partial charge in [0.1, 0.15) is 22.8 Å². The van der Waals surface area contributed by atoms with Crippen LogP contribution in [0.15, 0.2) is 46.2 Å². The van der Waals surface area contributed by atoms with E-state index >= 15 is 0 Å². The van der Waals surface area contributed by atoms with Crippen LogP contribution in [0, 0.1) is 19.7 Å². The van der Waals surface area contributed by atoms with Gasteiger partial charge in [-0.15, -0.1) is 0 Å². The molecule has 9 heteroatoms. The highest BCUT2D eigenvalue weighted by molar-refractivity contribution is 6.03. The number of nitrogens with one attached hydrogen (secondary N) is 2. The molecule has 1 amide bonds. The van der Waals surface area contributed by atoms with Crippen LogP contribution in [0.2, 0.25) is 0 Å². The molecule has 0 spiro atoms. The van der Waals surface area contributed by atoms with Crippen LogP contribution < -0.4 is 21.2 Å². The van der Waals surface area contributed by atoms with Crippen LogP contribution in [-0.4, -0.2) is 26.1 Å². The third-order valence-corrected chi connectivity index (χ3v) is 5.77. The second-order valence-electron chi connectivity index (χ2n) is 9.00. The van der Waals surface area contributed by atoms with Gasteiger partial charge in [-0.3, -0.25) is 14.4 Å². The predicted octanol–water partition coefficient (Wildman–Crippen LogP) is 3.92. The van der Waals surface area contributed by atoms with Gasteiger partial charge in [0.15, 0.2) is 5.75 Å². The Bertz CT molecular complexity index is 1570. The van der Waals surface area contributed by atoms with Gasteiger partial charge in [0.25, 0.3) is 17.0 Å². The molecule has 8 nitrogen and oxygen atoms in total. The Morgan fingerprint density at radius 2 is 1.66 bits per heavy atom. The Hall–Kier alpha value is -4.14. The molecule has 0 aliphatic heterocycles. The summed E-state index contributed by atoms with van der Waals surface area (Å²) in [6, 6.07) is 5.90. The van der Waals surface area contributed by atoms with Gasteiger partial charge in [-0.05, 0) is 63.1 Å². The number of hydrogen-bond donors (Lipinski definition) is 2. The lowest BCUT2D eigenvalue weighted by molar-refractivity contribution is 0.0939. The lowest BCUT2D eigenvalue weighted by atomic mass is 10.0. The van der Waals surface area contributed by atoms with Crippen molar-refractivity contribution in [2.75, 3.05) is 0 Å². The monoisotopic (exact) mass is 478 g/mol. The van der Waals surface area contributed by atoms with Gasteiger partial charge in [0, 0.05) is 49.0 Å². The predicted molar refractivity (Wildman–Crippen MR) is 133 cm³/mol. The van der Waals surface area contributed by atoms with Gasteiger partial charge in [-0.2, -0.15) is 0 Å². The summed E-state index contributed by atoms with van der Waals surface area (Å²) in [6.07, 6.45) is 3.21. The summed E-state index contributed by atoms with van der Waals surface area (Å²) >= 11 is 0. The molecule has 0 unspecified atom stereocenters. The normalized spacial score (nSPS) is 11.3. The van der Waals surface area contributed by atoms with E-state index in [4.69, 9.17) is 4.74 Å². The van der Waals surface area contributed by atoms with Gasteiger partial charge in [0.05, 0.1) is 0 Å². The highest BCUT2D eigenvalue weighted by Crippen LogP contribution is 2.36. The maximum Gasteiger partial charge on any atom is 0.293 e. The fourth-order valence-electron chi connectivity index (χ4n) is 4.09. The van der Waals surface area contributed by atoms with Gasteiger partial charge < -0.3 is 24.2 Å². The van der Waals surface area contributed by atoms with Crippen molar-refractivity contribution < 1.29 is 13.9 Å². The van der Waals surface area contributed by atoms with Crippen molar-refractivity contribution in [2.24, 2.45) is 14.1 Å². The van der Waals surface area contributed by atoms with E-state index in [-0.39, 0.29) is 34.5 Å². The Balaban J connectivity index is 1.97. The first-order valence-corrected chi connectivity index (χ1v) is 11.2. The minimum absolute atomic E-state index is 0.0298. The number of aromatic nitrogens is 3. The van der Waals surface area contributed by atoms with Gasteiger partial charge in [0.2, 0.25) is 0 Å². The number of H-pyrrole nitrogens is 1. The Labute approximate surface area is 201 Å². The number of nitrogens with zero attached hydrogens (tertiary/aromatic N) is 2. The smallest absolute Gasteiger partial charge is 0.293 e. The minimum atomic E-state index is -0.402. The average molecular weight is 479 g/mol. The number of fused-ring (bicyclic) bond motifs is 1. The van der Waals surface area contributed by atoms with Gasteiger partial charge >= 0.3 is 0 Å². The number of halogens is 1. The number of carbonyl (C=O) groups excluding carboxylic acids is 1. The zero-order chi connectivity index (χ0) is 25.6. The molecule has 0 fully saturated rings. The van der Waals surface area contributed by atoms with Gasteiger partial charge in [-0.25, -0.2) is 4.39 Å². The summed E-state index contributed by atoms with van der Waals surface area (Å²) in [5.41, 5.74) is 1.80. The minimum Gasteiger partial charge on any atom is -0.450 e. The van der Waals surface area contributed by atoms with Gasteiger partial charge in [-0.1, -0.05) is 0 Å². The summed E-state index contributed by atoms with van der Waals surface area (Å²) in [7, 11) is 3.19. The highest BCUT2D eigenvalue weighted by Gasteiger charge is 2.22. The van der Waals surface area contributed by atoms with Crippen molar-refractivity contribution in [3.05, 3.63) is 80.0 Å². The van der Waals surface area contributed by atoms with E-state index in [1.54, 1.807) is 52.5 Å². The van der Waals surface area contributed by atoms with Crippen molar-refractivity contribution in [2.45, 2.75) is 33.7 Å². The summed E-state index contributed by atoms with van der Waals surface area (Å²) in [5.74, 6) is -0.333. The lowest BCUT2D eigenvalue weighted by Gasteiger charge is -2.16. The summed E-state index contributed by atoms with van der Waals surface area (Å²) in [4.78, 5) is 41.6. The van der Waals surface area contributed by atoms with Crippen molar-refractivity contribution in [3.63, 3.8) is 0 Å². The summed E-state index contributed by atoms with van der Waals surface area (Å²) in [5, 5.41) is 3.28. The molecular formula is C26H27FN4O4. The van der Waals surface area contributed by atoms with Crippen molar-refractivity contribution in [1.29, 1.82) is 0 Å². The molecule has 3 aromatic heterocycles. The molecule has 0 aliphatic rings. The zero-order valence-corrected chi connectivity index (χ0v) is 20.4. The summed E-state index contributed by atoms with van der Waals surface area (Å²) in [6.45, 7) is 7.09. The fraction of sp³-hybridized carbons (Fsp3) is 0.269. The Kier molecular flexibility index (Phi) is 6.10. The largest absolute Gasteiger partial charge is 0.450 e. The first-order valence-electron chi connectivity index (χ1n) is 11.2. The molecular weight excluding hydrogens is 451 g/mol. The molecule has 3 heterocycles.